The highest BCUT2D eigenvalue weighted by Crippen LogP contribution is 2.30. The minimum atomic E-state index is -4.58. The van der Waals surface area contributed by atoms with E-state index in [1.54, 1.807) is 38.2 Å². The Bertz CT molecular complexity index is 1790. The summed E-state index contributed by atoms with van der Waals surface area (Å²) in [5, 5.41) is 3.13. The first-order valence-electron chi connectivity index (χ1n) is 12.0. The summed E-state index contributed by atoms with van der Waals surface area (Å²) in [6.45, 7) is 3.50. The SMILES string of the molecule is Cc1ccc(NC(=O)c2cccc(C(F)(F)F)c2)cc1-n1c(C)c2cnc(NNc3ccccc3)nc2nc1=O. The van der Waals surface area contributed by atoms with Crippen molar-refractivity contribution in [3.63, 3.8) is 0 Å². The van der Waals surface area contributed by atoms with Crippen molar-refractivity contribution in [2.45, 2.75) is 20.0 Å². The van der Waals surface area contributed by atoms with Crippen LogP contribution in [-0.4, -0.2) is 25.4 Å². The van der Waals surface area contributed by atoms with Crippen molar-refractivity contribution >= 4 is 34.3 Å². The molecule has 3 aromatic carbocycles. The number of fused-ring (bicyclic) bond motifs is 1. The third-order valence-corrected chi connectivity index (χ3v) is 6.14. The van der Waals surface area contributed by atoms with Gasteiger partial charge in [0.1, 0.15) is 0 Å². The summed E-state index contributed by atoms with van der Waals surface area (Å²) in [5.74, 6) is -0.505. The van der Waals surface area contributed by atoms with Crippen LogP contribution in [0.4, 0.5) is 30.5 Å². The molecule has 9 nitrogen and oxygen atoms in total. The molecule has 0 aliphatic rings. The zero-order valence-corrected chi connectivity index (χ0v) is 21.2. The smallest absolute Gasteiger partial charge is 0.322 e. The van der Waals surface area contributed by atoms with Gasteiger partial charge in [-0.1, -0.05) is 30.3 Å². The quantitative estimate of drug-likeness (QED) is 0.241. The van der Waals surface area contributed by atoms with Gasteiger partial charge in [-0.25, -0.2) is 9.78 Å². The molecule has 40 heavy (non-hydrogen) atoms. The average molecular weight is 546 g/mol. The minimum absolute atomic E-state index is 0.152. The van der Waals surface area contributed by atoms with E-state index in [9.17, 15) is 22.8 Å². The van der Waals surface area contributed by atoms with Gasteiger partial charge < -0.3 is 5.32 Å². The molecule has 0 bridgehead atoms. The molecular formula is C28H22F3N7O2. The van der Waals surface area contributed by atoms with Gasteiger partial charge in [-0.15, -0.1) is 0 Å². The van der Waals surface area contributed by atoms with Crippen molar-refractivity contribution in [1.82, 2.24) is 19.5 Å². The largest absolute Gasteiger partial charge is 0.416 e. The molecule has 0 aliphatic carbocycles. The van der Waals surface area contributed by atoms with Crippen molar-refractivity contribution in [3.8, 4) is 5.69 Å². The summed E-state index contributed by atoms with van der Waals surface area (Å²) in [5.41, 5.74) is 7.09. The number of alkyl halides is 3. The standard InChI is InChI=1S/C28H22F3N7O2/c1-16-11-12-21(33-25(39)18-7-6-8-19(13-18)28(29,30)31)14-23(16)38-17(2)22-15-32-26(34-24(22)35-27(38)40)37-36-20-9-4-3-5-10-20/h3-15,36H,1-2H3,(H,33,39)(H,34,35,37,40). The number of anilines is 3. The number of aryl methyl sites for hydroxylation is 2. The molecule has 0 fully saturated rings. The molecular weight excluding hydrogens is 523 g/mol. The second-order valence-electron chi connectivity index (χ2n) is 8.90. The molecule has 5 rings (SSSR count). The van der Waals surface area contributed by atoms with Crippen molar-refractivity contribution < 1.29 is 18.0 Å². The fourth-order valence-corrected chi connectivity index (χ4v) is 4.08. The number of carbonyl (C=O) groups excluding carboxylic acids is 1. The summed E-state index contributed by atoms with van der Waals surface area (Å²) >= 11 is 0. The highest BCUT2D eigenvalue weighted by atomic mass is 19.4. The predicted molar refractivity (Wildman–Crippen MR) is 145 cm³/mol. The van der Waals surface area contributed by atoms with Gasteiger partial charge in [0.15, 0.2) is 5.65 Å². The Kier molecular flexibility index (Phi) is 6.91. The third kappa shape index (κ3) is 5.46. The number of aromatic nitrogens is 4. The van der Waals surface area contributed by atoms with Gasteiger partial charge in [0, 0.05) is 23.1 Å². The first-order chi connectivity index (χ1) is 19.1. The summed E-state index contributed by atoms with van der Waals surface area (Å²) < 4.78 is 40.6. The lowest BCUT2D eigenvalue weighted by Crippen LogP contribution is -2.25. The molecule has 0 saturated heterocycles. The van der Waals surface area contributed by atoms with Gasteiger partial charge in [0.2, 0.25) is 5.95 Å². The normalized spacial score (nSPS) is 11.3. The zero-order valence-electron chi connectivity index (χ0n) is 21.2. The van der Waals surface area contributed by atoms with Crippen molar-refractivity contribution in [1.29, 1.82) is 0 Å². The van der Waals surface area contributed by atoms with Crippen LogP contribution in [0, 0.1) is 13.8 Å². The predicted octanol–water partition coefficient (Wildman–Crippen LogP) is 5.50. The molecule has 1 amide bonds. The number of hydrogen-bond donors (Lipinski definition) is 3. The van der Waals surface area contributed by atoms with E-state index >= 15 is 0 Å². The second-order valence-corrected chi connectivity index (χ2v) is 8.90. The van der Waals surface area contributed by atoms with Crippen LogP contribution in [0.15, 0.2) is 83.8 Å². The van der Waals surface area contributed by atoms with E-state index in [1.807, 2.05) is 30.3 Å². The summed E-state index contributed by atoms with van der Waals surface area (Å²) in [7, 11) is 0. The van der Waals surface area contributed by atoms with E-state index in [0.717, 1.165) is 17.8 Å². The van der Waals surface area contributed by atoms with E-state index in [2.05, 4.69) is 31.1 Å². The Labute approximate surface area is 225 Å². The molecule has 0 atom stereocenters. The van der Waals surface area contributed by atoms with Crippen LogP contribution in [0.2, 0.25) is 0 Å². The Hall–Kier alpha value is -5.26. The Morgan fingerprint density at radius 3 is 2.40 bits per heavy atom. The van der Waals surface area contributed by atoms with Gasteiger partial charge in [0.25, 0.3) is 5.91 Å². The number of carbonyl (C=O) groups is 1. The molecule has 0 saturated carbocycles. The van der Waals surface area contributed by atoms with Crippen LogP contribution in [0.1, 0.15) is 27.2 Å². The summed E-state index contributed by atoms with van der Waals surface area (Å²) in [4.78, 5) is 38.6. The van der Waals surface area contributed by atoms with E-state index in [4.69, 9.17) is 0 Å². The topological polar surface area (TPSA) is 114 Å². The zero-order chi connectivity index (χ0) is 28.4. The van der Waals surface area contributed by atoms with Crippen LogP contribution in [0.5, 0.6) is 0 Å². The van der Waals surface area contributed by atoms with Gasteiger partial charge in [-0.3, -0.25) is 20.2 Å². The van der Waals surface area contributed by atoms with E-state index in [1.165, 1.54) is 16.7 Å². The molecule has 2 aromatic heterocycles. The molecule has 12 heteroatoms. The number of nitrogens with zero attached hydrogens (tertiary/aromatic N) is 4. The molecule has 202 valence electrons. The lowest BCUT2D eigenvalue weighted by molar-refractivity contribution is -0.137. The molecule has 3 N–H and O–H groups in total. The Morgan fingerprint density at radius 1 is 0.875 bits per heavy atom. The fraction of sp³-hybridized carbons (Fsp3) is 0.107. The Morgan fingerprint density at radius 2 is 1.65 bits per heavy atom. The monoisotopic (exact) mass is 545 g/mol. The summed E-state index contributed by atoms with van der Waals surface area (Å²) in [6.07, 6.45) is -3.03. The van der Waals surface area contributed by atoms with Crippen molar-refractivity contribution in [2.24, 2.45) is 0 Å². The molecule has 0 spiro atoms. The average Bonchev–Trinajstić information content (AvgIpc) is 2.93. The first kappa shape index (κ1) is 26.4. The molecule has 2 heterocycles. The molecule has 0 radical (unpaired) electrons. The van der Waals surface area contributed by atoms with Crippen molar-refractivity contribution in [3.05, 3.63) is 112 Å². The first-order valence-corrected chi connectivity index (χ1v) is 12.0. The van der Waals surface area contributed by atoms with Gasteiger partial charge in [-0.05, 0) is 61.9 Å². The highest BCUT2D eigenvalue weighted by molar-refractivity contribution is 6.04. The lowest BCUT2D eigenvalue weighted by atomic mass is 10.1. The van der Waals surface area contributed by atoms with Crippen molar-refractivity contribution in [2.75, 3.05) is 16.2 Å². The molecule has 5 aromatic rings. The van der Waals surface area contributed by atoms with Crippen LogP contribution < -0.4 is 21.9 Å². The highest BCUT2D eigenvalue weighted by Gasteiger charge is 2.31. The van der Waals surface area contributed by atoms with Crippen LogP contribution in [0.25, 0.3) is 16.7 Å². The molecule has 0 unspecified atom stereocenters. The van der Waals surface area contributed by atoms with E-state index in [-0.39, 0.29) is 22.8 Å². The maximum absolute atomic E-state index is 13.1. The van der Waals surface area contributed by atoms with Crippen LogP contribution in [-0.2, 0) is 6.18 Å². The minimum Gasteiger partial charge on any atom is -0.322 e. The second kappa shape index (κ2) is 10.5. The number of hydrogen-bond acceptors (Lipinski definition) is 7. The maximum Gasteiger partial charge on any atom is 0.416 e. The fourth-order valence-electron chi connectivity index (χ4n) is 4.08. The number of hydrazine groups is 1. The number of nitrogens with one attached hydrogen (secondary N) is 3. The number of amides is 1. The van der Waals surface area contributed by atoms with E-state index in [0.29, 0.717) is 22.3 Å². The number of halogens is 3. The van der Waals surface area contributed by atoms with Gasteiger partial charge in [-0.2, -0.15) is 23.1 Å². The lowest BCUT2D eigenvalue weighted by Gasteiger charge is -2.16. The summed E-state index contributed by atoms with van der Waals surface area (Å²) in [6, 6.07) is 18.3. The number of para-hydroxylation sites is 1. The van der Waals surface area contributed by atoms with Crippen LogP contribution in [0.3, 0.4) is 0 Å². The molecule has 0 aliphatic heterocycles. The number of benzene rings is 3. The van der Waals surface area contributed by atoms with E-state index < -0.39 is 23.3 Å². The maximum atomic E-state index is 13.1. The van der Waals surface area contributed by atoms with Crippen LogP contribution >= 0.6 is 0 Å². The Balaban J connectivity index is 1.44. The third-order valence-electron chi connectivity index (χ3n) is 6.14. The van der Waals surface area contributed by atoms with Gasteiger partial charge in [0.05, 0.1) is 22.3 Å². The number of rotatable bonds is 6. The van der Waals surface area contributed by atoms with Gasteiger partial charge >= 0.3 is 11.9 Å².